The number of esters is 1. The third-order valence-corrected chi connectivity index (χ3v) is 18.8. The second kappa shape index (κ2) is 75.1. The lowest BCUT2D eigenvalue weighted by atomic mass is 10.0. The predicted octanol–water partition coefficient (Wildman–Crippen LogP) is 25.9. The molecule has 0 heterocycles. The van der Waals surface area contributed by atoms with Gasteiger partial charge in [-0.2, -0.15) is 0 Å². The molecule has 0 rings (SSSR count). The molecule has 0 aliphatic heterocycles. The average molecular weight is 1200 g/mol. The van der Waals surface area contributed by atoms with E-state index in [0.717, 1.165) is 38.5 Å². The summed E-state index contributed by atoms with van der Waals surface area (Å²) in [6.07, 6.45) is 94.7. The Hall–Kier alpha value is -1.40. The van der Waals surface area contributed by atoms with Gasteiger partial charge in [-0.3, -0.25) is 9.59 Å². The van der Waals surface area contributed by atoms with Crippen LogP contribution < -0.4 is 5.32 Å². The lowest BCUT2D eigenvalue weighted by Crippen LogP contribution is -2.45. The van der Waals surface area contributed by atoms with Gasteiger partial charge in [0, 0.05) is 12.8 Å². The zero-order valence-electron chi connectivity index (χ0n) is 58.1. The summed E-state index contributed by atoms with van der Waals surface area (Å²) in [7, 11) is 0. The Kier molecular flexibility index (Phi) is 73.8. The summed E-state index contributed by atoms with van der Waals surface area (Å²) in [4.78, 5) is 24.6. The van der Waals surface area contributed by atoms with Gasteiger partial charge in [0.05, 0.1) is 25.4 Å². The van der Waals surface area contributed by atoms with Crippen LogP contribution in [0.25, 0.3) is 0 Å². The van der Waals surface area contributed by atoms with Crippen molar-refractivity contribution >= 4 is 11.9 Å². The maximum atomic E-state index is 12.5. The Bertz CT molecular complexity index is 1290. The zero-order valence-corrected chi connectivity index (χ0v) is 58.1. The minimum Gasteiger partial charge on any atom is -0.466 e. The van der Waals surface area contributed by atoms with Crippen LogP contribution in [0.4, 0.5) is 0 Å². The number of rotatable bonds is 75. The first-order chi connectivity index (χ1) is 42.0. The molecule has 0 saturated carbocycles. The maximum absolute atomic E-state index is 12.5. The third-order valence-electron chi connectivity index (χ3n) is 18.8. The maximum Gasteiger partial charge on any atom is 0.305 e. The molecule has 0 aromatic heterocycles. The van der Waals surface area contributed by atoms with E-state index in [4.69, 9.17) is 4.74 Å². The molecule has 0 bridgehead atoms. The number of amides is 1. The van der Waals surface area contributed by atoms with Crippen LogP contribution in [0.1, 0.15) is 457 Å². The van der Waals surface area contributed by atoms with E-state index in [0.29, 0.717) is 25.9 Å². The van der Waals surface area contributed by atoms with Crippen molar-refractivity contribution in [3.63, 3.8) is 0 Å². The van der Waals surface area contributed by atoms with Gasteiger partial charge in [0.1, 0.15) is 0 Å². The molecule has 0 spiro atoms. The van der Waals surface area contributed by atoms with E-state index in [9.17, 15) is 19.8 Å². The number of aliphatic hydroxyl groups excluding tert-OH is 2. The number of ether oxygens (including phenoxy) is 1. The monoisotopic (exact) mass is 1200 g/mol. The second-order valence-electron chi connectivity index (χ2n) is 27.4. The van der Waals surface area contributed by atoms with Crippen LogP contribution in [0, 0.1) is 0 Å². The molecule has 6 heteroatoms. The lowest BCUT2D eigenvalue weighted by Gasteiger charge is -2.22. The number of carbonyl (C=O) groups excluding carboxylic acids is 2. The second-order valence-corrected chi connectivity index (χ2v) is 27.4. The standard InChI is InChI=1S/C79H155NO5/c1-3-5-7-9-11-13-15-17-18-42-46-49-53-57-61-65-69-73-79(84)85-74-70-66-62-58-54-50-47-44-41-39-37-35-33-31-29-27-25-23-21-19-20-22-24-26-28-30-32-34-36-38-40-43-45-48-52-56-60-64-68-72-78(83)80-76(75-81)77(82)71-67-63-59-55-51-16-14-12-10-8-6-4-2/h17-18,76-77,81-82H,3-16,19-75H2,1-2H3,(H,80,83)/b18-17-. The summed E-state index contributed by atoms with van der Waals surface area (Å²) < 4.78 is 5.51. The molecule has 0 aliphatic carbocycles. The molecule has 6 nitrogen and oxygen atoms in total. The first kappa shape index (κ1) is 83.6. The van der Waals surface area contributed by atoms with Gasteiger partial charge in [0.25, 0.3) is 0 Å². The van der Waals surface area contributed by atoms with Gasteiger partial charge in [-0.05, 0) is 51.4 Å². The van der Waals surface area contributed by atoms with Crippen molar-refractivity contribution in [2.45, 2.75) is 469 Å². The summed E-state index contributed by atoms with van der Waals surface area (Å²) >= 11 is 0. The number of allylic oxidation sites excluding steroid dienone is 2. The highest BCUT2D eigenvalue weighted by molar-refractivity contribution is 5.76. The van der Waals surface area contributed by atoms with Gasteiger partial charge in [-0.15, -0.1) is 0 Å². The van der Waals surface area contributed by atoms with Gasteiger partial charge >= 0.3 is 5.97 Å². The Balaban J connectivity index is 3.26. The lowest BCUT2D eigenvalue weighted by molar-refractivity contribution is -0.143. The van der Waals surface area contributed by atoms with E-state index in [1.54, 1.807) is 0 Å². The van der Waals surface area contributed by atoms with Crippen molar-refractivity contribution < 1.29 is 24.5 Å². The van der Waals surface area contributed by atoms with Gasteiger partial charge in [-0.25, -0.2) is 0 Å². The quantitative estimate of drug-likeness (QED) is 0.0320. The van der Waals surface area contributed by atoms with Crippen LogP contribution >= 0.6 is 0 Å². The Morgan fingerprint density at radius 2 is 0.553 bits per heavy atom. The van der Waals surface area contributed by atoms with Crippen molar-refractivity contribution in [2.24, 2.45) is 0 Å². The van der Waals surface area contributed by atoms with Crippen molar-refractivity contribution in [3.05, 3.63) is 12.2 Å². The molecular weight excluding hydrogens is 1040 g/mol. The van der Waals surface area contributed by atoms with Gasteiger partial charge < -0.3 is 20.3 Å². The Morgan fingerprint density at radius 1 is 0.318 bits per heavy atom. The molecular formula is C79H155NO5. The fraction of sp³-hybridized carbons (Fsp3) is 0.949. The molecule has 85 heavy (non-hydrogen) atoms. The summed E-state index contributed by atoms with van der Waals surface area (Å²) in [5.74, 6) is -0.00470. The van der Waals surface area contributed by atoms with E-state index in [1.807, 2.05) is 0 Å². The molecule has 0 fully saturated rings. The smallest absolute Gasteiger partial charge is 0.305 e. The van der Waals surface area contributed by atoms with Crippen molar-refractivity contribution in [2.75, 3.05) is 13.2 Å². The molecule has 2 atom stereocenters. The normalized spacial score (nSPS) is 12.5. The van der Waals surface area contributed by atoms with E-state index in [-0.39, 0.29) is 18.5 Å². The van der Waals surface area contributed by atoms with Crippen LogP contribution in [-0.4, -0.2) is 47.4 Å². The van der Waals surface area contributed by atoms with E-state index in [2.05, 4.69) is 31.3 Å². The van der Waals surface area contributed by atoms with E-state index >= 15 is 0 Å². The van der Waals surface area contributed by atoms with Crippen LogP contribution in [0.2, 0.25) is 0 Å². The first-order valence-corrected chi connectivity index (χ1v) is 39.4. The number of hydrogen-bond donors (Lipinski definition) is 3. The number of carbonyl (C=O) groups is 2. The molecule has 0 aromatic rings. The number of nitrogens with one attached hydrogen (secondary N) is 1. The van der Waals surface area contributed by atoms with Crippen LogP contribution in [-0.2, 0) is 14.3 Å². The minimum atomic E-state index is -0.658. The number of aliphatic hydroxyl groups is 2. The molecule has 3 N–H and O–H groups in total. The average Bonchev–Trinajstić information content (AvgIpc) is 3.52. The molecule has 2 unspecified atom stereocenters. The molecule has 0 radical (unpaired) electrons. The highest BCUT2D eigenvalue weighted by atomic mass is 16.5. The zero-order chi connectivity index (χ0) is 61.3. The van der Waals surface area contributed by atoms with Crippen molar-refractivity contribution in [1.82, 2.24) is 5.32 Å². The largest absolute Gasteiger partial charge is 0.466 e. The van der Waals surface area contributed by atoms with Crippen molar-refractivity contribution in [1.29, 1.82) is 0 Å². The fourth-order valence-electron chi connectivity index (χ4n) is 12.8. The van der Waals surface area contributed by atoms with E-state index in [1.165, 1.54) is 385 Å². The molecule has 1 amide bonds. The summed E-state index contributed by atoms with van der Waals surface area (Å²) in [5.41, 5.74) is 0. The first-order valence-electron chi connectivity index (χ1n) is 39.4. The molecule has 0 aromatic carbocycles. The predicted molar refractivity (Wildman–Crippen MR) is 375 cm³/mol. The number of unbranched alkanes of at least 4 members (excludes halogenated alkanes) is 62. The van der Waals surface area contributed by atoms with Gasteiger partial charge in [0.2, 0.25) is 5.91 Å². The van der Waals surface area contributed by atoms with Gasteiger partial charge in [0.15, 0.2) is 0 Å². The highest BCUT2D eigenvalue weighted by Crippen LogP contribution is 2.20. The SMILES string of the molecule is CCCCCCCC/C=C\CCCCCCCCCC(=O)OCCCCCCCCCCCCCCCCCCCCCCCCCCCCCCCCCCCCCCCCCC(=O)NC(CO)C(O)CCCCCCCCCCCCCC. The van der Waals surface area contributed by atoms with Crippen LogP contribution in [0.5, 0.6) is 0 Å². The molecule has 506 valence electrons. The summed E-state index contributed by atoms with van der Waals surface area (Å²) in [6.45, 7) is 4.99. The highest BCUT2D eigenvalue weighted by Gasteiger charge is 2.20. The van der Waals surface area contributed by atoms with Crippen LogP contribution in [0.15, 0.2) is 12.2 Å². The molecule has 0 saturated heterocycles. The third kappa shape index (κ3) is 71.6. The topological polar surface area (TPSA) is 95.9 Å². The number of hydrogen-bond acceptors (Lipinski definition) is 5. The minimum absolute atomic E-state index is 0.0217. The Labute approximate surface area is 533 Å². The summed E-state index contributed by atoms with van der Waals surface area (Å²) in [6, 6.07) is -0.535. The van der Waals surface area contributed by atoms with E-state index < -0.39 is 12.1 Å². The Morgan fingerprint density at radius 3 is 0.835 bits per heavy atom. The molecule has 0 aliphatic rings. The van der Waals surface area contributed by atoms with Crippen molar-refractivity contribution in [3.8, 4) is 0 Å². The van der Waals surface area contributed by atoms with Crippen LogP contribution in [0.3, 0.4) is 0 Å². The summed E-state index contributed by atoms with van der Waals surface area (Å²) in [5, 5.41) is 23.3. The van der Waals surface area contributed by atoms with Gasteiger partial charge in [-0.1, -0.05) is 405 Å². The fourth-order valence-corrected chi connectivity index (χ4v) is 12.8.